The topological polar surface area (TPSA) is 42.2 Å². The first kappa shape index (κ1) is 9.70. The van der Waals surface area contributed by atoms with E-state index < -0.39 is 5.79 Å². The van der Waals surface area contributed by atoms with Crippen LogP contribution in [-0.2, 0) is 9.47 Å². The normalized spacial score (nSPS) is 34.6. The van der Waals surface area contributed by atoms with Crippen LogP contribution < -0.4 is 0 Å². The largest absolute Gasteiger partial charge is 0.344 e. The zero-order valence-corrected chi connectivity index (χ0v) is 8.45. The summed E-state index contributed by atoms with van der Waals surface area (Å²) in [6.45, 7) is 3.47. The zero-order chi connectivity index (χ0) is 10.1. The predicted molar refractivity (Wildman–Crippen MR) is 51.3 cm³/mol. The van der Waals surface area contributed by atoms with Gasteiger partial charge in [0.25, 0.3) is 0 Å². The highest BCUT2D eigenvalue weighted by Gasteiger charge is 2.40. The number of hydrogen-bond acceptors (Lipinski definition) is 3. The van der Waals surface area contributed by atoms with E-state index in [4.69, 9.17) is 14.7 Å². The van der Waals surface area contributed by atoms with Gasteiger partial charge in [-0.2, -0.15) is 5.26 Å². The van der Waals surface area contributed by atoms with E-state index in [2.05, 4.69) is 19.1 Å². The van der Waals surface area contributed by atoms with Gasteiger partial charge >= 0.3 is 0 Å². The van der Waals surface area contributed by atoms with Crippen LogP contribution in [0.15, 0.2) is 12.2 Å². The Morgan fingerprint density at radius 1 is 1.29 bits per heavy atom. The van der Waals surface area contributed by atoms with Gasteiger partial charge in [0.05, 0.1) is 19.3 Å². The maximum Gasteiger partial charge on any atom is 0.188 e. The molecule has 2 aliphatic rings. The molecule has 3 nitrogen and oxygen atoms in total. The lowest BCUT2D eigenvalue weighted by molar-refractivity contribution is -0.130. The average molecular weight is 193 g/mol. The molecule has 0 saturated carbocycles. The Hall–Kier alpha value is -0.850. The quantitative estimate of drug-likeness (QED) is 0.598. The van der Waals surface area contributed by atoms with E-state index in [1.165, 1.54) is 0 Å². The van der Waals surface area contributed by atoms with Crippen molar-refractivity contribution in [3.05, 3.63) is 12.2 Å². The Kier molecular flexibility index (Phi) is 2.34. The van der Waals surface area contributed by atoms with Crippen molar-refractivity contribution in [2.45, 2.75) is 32.0 Å². The Labute approximate surface area is 84.3 Å². The van der Waals surface area contributed by atoms with Crippen LogP contribution in [0.4, 0.5) is 0 Å². The summed E-state index contributed by atoms with van der Waals surface area (Å²) in [7, 11) is 0. The molecule has 1 unspecified atom stereocenters. The van der Waals surface area contributed by atoms with E-state index >= 15 is 0 Å². The molecule has 1 spiro atoms. The molecule has 1 aliphatic heterocycles. The fraction of sp³-hybridized carbons (Fsp3) is 0.727. The number of hydrogen-bond donors (Lipinski definition) is 0. The molecule has 0 aromatic heterocycles. The second-order valence-corrected chi connectivity index (χ2v) is 4.33. The Balaban J connectivity index is 2.09. The monoisotopic (exact) mass is 193 g/mol. The van der Waals surface area contributed by atoms with Crippen molar-refractivity contribution in [1.82, 2.24) is 0 Å². The molecule has 1 atom stereocenters. The minimum absolute atomic E-state index is 0.00924. The van der Waals surface area contributed by atoms with Crippen molar-refractivity contribution in [1.29, 1.82) is 5.26 Å². The van der Waals surface area contributed by atoms with Crippen molar-refractivity contribution in [2.24, 2.45) is 5.41 Å². The molecule has 0 aromatic rings. The molecule has 1 aliphatic carbocycles. The molecule has 76 valence electrons. The van der Waals surface area contributed by atoms with Crippen LogP contribution >= 0.6 is 0 Å². The molecular weight excluding hydrogens is 178 g/mol. The molecule has 14 heavy (non-hydrogen) atoms. The van der Waals surface area contributed by atoms with Crippen molar-refractivity contribution in [3.8, 4) is 6.07 Å². The second-order valence-electron chi connectivity index (χ2n) is 4.33. The van der Waals surface area contributed by atoms with Crippen LogP contribution in [0.25, 0.3) is 0 Å². The maximum absolute atomic E-state index is 8.69. The molecule has 2 rings (SSSR count). The maximum atomic E-state index is 8.69. The first-order valence-corrected chi connectivity index (χ1v) is 5.03. The summed E-state index contributed by atoms with van der Waals surface area (Å²) in [5.74, 6) is -0.463. The molecule has 0 aromatic carbocycles. The summed E-state index contributed by atoms with van der Waals surface area (Å²) in [6, 6.07) is 2.22. The minimum Gasteiger partial charge on any atom is -0.344 e. The van der Waals surface area contributed by atoms with Crippen molar-refractivity contribution in [2.75, 3.05) is 13.2 Å². The SMILES string of the molecule is CC1(CC#N)C=CC2(CC1)OCCO2. The smallest absolute Gasteiger partial charge is 0.188 e. The van der Waals surface area contributed by atoms with E-state index in [-0.39, 0.29) is 5.41 Å². The Bertz CT molecular complexity index is 286. The standard InChI is InChI=1S/C11H15NO2/c1-10(6-7-12)2-4-11(5-3-10)13-8-9-14-11/h2,4H,3,5-6,8-9H2,1H3. The molecular formula is C11H15NO2. The number of ether oxygens (including phenoxy) is 2. The zero-order valence-electron chi connectivity index (χ0n) is 8.45. The summed E-state index contributed by atoms with van der Waals surface area (Å²) in [4.78, 5) is 0. The fourth-order valence-corrected chi connectivity index (χ4v) is 1.99. The highest BCUT2D eigenvalue weighted by atomic mass is 16.7. The van der Waals surface area contributed by atoms with E-state index in [0.29, 0.717) is 19.6 Å². The molecule has 0 radical (unpaired) electrons. The molecule has 0 bridgehead atoms. The number of nitrogens with zero attached hydrogens (tertiary/aromatic N) is 1. The van der Waals surface area contributed by atoms with Crippen LogP contribution in [0.2, 0.25) is 0 Å². The summed E-state index contributed by atoms with van der Waals surface area (Å²) in [6.07, 6.45) is 6.45. The van der Waals surface area contributed by atoms with Crippen LogP contribution in [0.3, 0.4) is 0 Å². The lowest BCUT2D eigenvalue weighted by atomic mass is 9.77. The molecule has 1 fully saturated rings. The Morgan fingerprint density at radius 2 is 2.00 bits per heavy atom. The first-order chi connectivity index (χ1) is 6.68. The lowest BCUT2D eigenvalue weighted by Crippen LogP contribution is -2.34. The van der Waals surface area contributed by atoms with Crippen LogP contribution in [-0.4, -0.2) is 19.0 Å². The van der Waals surface area contributed by atoms with Crippen molar-refractivity contribution in [3.63, 3.8) is 0 Å². The van der Waals surface area contributed by atoms with Crippen LogP contribution in [0, 0.1) is 16.7 Å². The lowest BCUT2D eigenvalue weighted by Gasteiger charge is -2.35. The summed E-state index contributed by atoms with van der Waals surface area (Å²) < 4.78 is 11.1. The van der Waals surface area contributed by atoms with Gasteiger partial charge < -0.3 is 9.47 Å². The highest BCUT2D eigenvalue weighted by molar-refractivity contribution is 5.12. The Morgan fingerprint density at radius 3 is 2.50 bits per heavy atom. The van der Waals surface area contributed by atoms with Gasteiger partial charge in [0.2, 0.25) is 0 Å². The first-order valence-electron chi connectivity index (χ1n) is 5.03. The van der Waals surface area contributed by atoms with Gasteiger partial charge in [-0.15, -0.1) is 0 Å². The van der Waals surface area contributed by atoms with Crippen molar-refractivity contribution < 1.29 is 9.47 Å². The predicted octanol–water partition coefficient (Wildman–Crippen LogP) is 2.00. The third-order valence-corrected chi connectivity index (χ3v) is 3.04. The molecule has 0 amide bonds. The number of allylic oxidation sites excluding steroid dienone is 1. The van der Waals surface area contributed by atoms with Crippen LogP contribution in [0.1, 0.15) is 26.2 Å². The van der Waals surface area contributed by atoms with Crippen LogP contribution in [0.5, 0.6) is 0 Å². The van der Waals surface area contributed by atoms with Gasteiger partial charge in [-0.05, 0) is 17.9 Å². The van der Waals surface area contributed by atoms with Gasteiger partial charge in [0.1, 0.15) is 0 Å². The van der Waals surface area contributed by atoms with Gasteiger partial charge in [-0.25, -0.2) is 0 Å². The van der Waals surface area contributed by atoms with E-state index in [9.17, 15) is 0 Å². The van der Waals surface area contributed by atoms with Gasteiger partial charge in [0.15, 0.2) is 5.79 Å². The van der Waals surface area contributed by atoms with E-state index in [1.807, 2.05) is 6.08 Å². The van der Waals surface area contributed by atoms with Gasteiger partial charge in [0, 0.05) is 12.8 Å². The van der Waals surface area contributed by atoms with Gasteiger partial charge in [-0.3, -0.25) is 0 Å². The molecule has 3 heteroatoms. The molecule has 0 N–H and O–H groups in total. The summed E-state index contributed by atoms with van der Waals surface area (Å²) >= 11 is 0. The van der Waals surface area contributed by atoms with E-state index in [0.717, 1.165) is 12.8 Å². The third-order valence-electron chi connectivity index (χ3n) is 3.04. The summed E-state index contributed by atoms with van der Waals surface area (Å²) in [5, 5.41) is 8.69. The highest BCUT2D eigenvalue weighted by Crippen LogP contribution is 2.40. The molecule has 1 heterocycles. The van der Waals surface area contributed by atoms with E-state index in [1.54, 1.807) is 0 Å². The third kappa shape index (κ3) is 1.68. The number of nitriles is 1. The molecule has 1 saturated heterocycles. The second kappa shape index (κ2) is 3.38. The minimum atomic E-state index is -0.463. The average Bonchev–Trinajstić information content (AvgIpc) is 2.61. The fourth-order valence-electron chi connectivity index (χ4n) is 1.99. The number of rotatable bonds is 1. The van der Waals surface area contributed by atoms with Gasteiger partial charge in [-0.1, -0.05) is 13.0 Å². The van der Waals surface area contributed by atoms with Crippen molar-refractivity contribution >= 4 is 0 Å². The summed E-state index contributed by atoms with van der Waals surface area (Å²) in [5.41, 5.74) is 0.00924.